The molecule has 3 N–H and O–H groups in total. The molecule has 1 aromatic heterocycles. The fourth-order valence-corrected chi connectivity index (χ4v) is 2.04. The van der Waals surface area contributed by atoms with E-state index >= 15 is 0 Å². The molecule has 0 amide bonds. The highest BCUT2D eigenvalue weighted by atomic mass is 16.5. The van der Waals surface area contributed by atoms with Gasteiger partial charge in [-0.2, -0.15) is 0 Å². The Hall–Kier alpha value is -2.34. The van der Waals surface area contributed by atoms with E-state index < -0.39 is 5.97 Å². The van der Waals surface area contributed by atoms with Crippen LogP contribution in [0.2, 0.25) is 0 Å². The van der Waals surface area contributed by atoms with Gasteiger partial charge in [0.05, 0.1) is 12.6 Å². The van der Waals surface area contributed by atoms with Gasteiger partial charge >= 0.3 is 5.97 Å². The summed E-state index contributed by atoms with van der Waals surface area (Å²) < 4.78 is 4.54. The van der Waals surface area contributed by atoms with E-state index in [2.05, 4.69) is 9.72 Å². The smallest absolute Gasteiger partial charge is 0.354 e. The summed E-state index contributed by atoms with van der Waals surface area (Å²) in [6.45, 7) is 0.0381. The van der Waals surface area contributed by atoms with E-state index in [1.807, 2.05) is 0 Å². The van der Waals surface area contributed by atoms with Crippen LogP contribution in [0.15, 0.2) is 23.0 Å². The molecule has 0 saturated carbocycles. The van der Waals surface area contributed by atoms with Gasteiger partial charge in [0.1, 0.15) is 11.4 Å². The van der Waals surface area contributed by atoms with Gasteiger partial charge in [-0.3, -0.25) is 4.79 Å². The molecule has 1 heterocycles. The predicted octanol–water partition coefficient (Wildman–Crippen LogP) is 0.945. The summed E-state index contributed by atoms with van der Waals surface area (Å²) in [6, 6.07) is 4.29. The molecular formula is C14H15NO5. The zero-order chi connectivity index (χ0) is 14.7. The van der Waals surface area contributed by atoms with Gasteiger partial charge in [0.2, 0.25) is 0 Å². The van der Waals surface area contributed by atoms with E-state index in [0.717, 1.165) is 11.6 Å². The number of aromatic hydroxyl groups is 1. The summed E-state index contributed by atoms with van der Waals surface area (Å²) in [7, 11) is 1.21. The molecule has 6 nitrogen and oxygen atoms in total. The molecule has 1 aromatic carbocycles. The number of aryl methyl sites for hydroxylation is 1. The van der Waals surface area contributed by atoms with Crippen LogP contribution in [0.5, 0.6) is 5.75 Å². The third-order valence-electron chi connectivity index (χ3n) is 3.01. The van der Waals surface area contributed by atoms with Gasteiger partial charge in [0, 0.05) is 18.1 Å². The number of esters is 1. The Morgan fingerprint density at radius 2 is 2.10 bits per heavy atom. The van der Waals surface area contributed by atoms with Crippen molar-refractivity contribution >= 4 is 16.9 Å². The summed E-state index contributed by atoms with van der Waals surface area (Å²) in [6.07, 6.45) is 1.10. The molecule has 20 heavy (non-hydrogen) atoms. The van der Waals surface area contributed by atoms with Crippen molar-refractivity contribution in [2.75, 3.05) is 13.7 Å². The molecule has 0 unspecified atom stereocenters. The fraction of sp³-hybridized carbons (Fsp3) is 0.286. The standard InChI is InChI=1S/C14H15NO5/c1-20-14(19)10-7-11(17)9-5-8(3-2-4-16)6-12(18)13(9)15-10/h5-7,16,18H,2-4H2,1H3,(H,15,17). The molecule has 6 heteroatoms. The lowest BCUT2D eigenvalue weighted by molar-refractivity contribution is 0.0594. The van der Waals surface area contributed by atoms with Crippen LogP contribution in [0, 0.1) is 0 Å². The first-order chi connectivity index (χ1) is 9.56. The van der Waals surface area contributed by atoms with Crippen molar-refractivity contribution in [1.82, 2.24) is 4.98 Å². The number of hydrogen-bond acceptors (Lipinski definition) is 5. The van der Waals surface area contributed by atoms with Crippen molar-refractivity contribution in [3.8, 4) is 5.75 Å². The summed E-state index contributed by atoms with van der Waals surface area (Å²) >= 11 is 0. The second-order valence-electron chi connectivity index (χ2n) is 4.40. The minimum absolute atomic E-state index is 0.0107. The molecular weight excluding hydrogens is 262 g/mol. The topological polar surface area (TPSA) is 99.6 Å². The van der Waals surface area contributed by atoms with Crippen molar-refractivity contribution < 1.29 is 19.7 Å². The summed E-state index contributed by atoms with van der Waals surface area (Å²) in [5.41, 5.74) is 0.565. The van der Waals surface area contributed by atoms with Gasteiger partial charge in [0.25, 0.3) is 0 Å². The van der Waals surface area contributed by atoms with Crippen LogP contribution in [0.3, 0.4) is 0 Å². The zero-order valence-corrected chi connectivity index (χ0v) is 11.0. The first kappa shape index (κ1) is 14.1. The molecule has 0 atom stereocenters. The first-order valence-electron chi connectivity index (χ1n) is 6.15. The number of aromatic amines is 1. The number of pyridine rings is 1. The molecule has 0 bridgehead atoms. The highest BCUT2D eigenvalue weighted by molar-refractivity contribution is 5.92. The predicted molar refractivity (Wildman–Crippen MR) is 73.0 cm³/mol. The highest BCUT2D eigenvalue weighted by Gasteiger charge is 2.13. The average molecular weight is 277 g/mol. The molecule has 0 aliphatic carbocycles. The number of benzene rings is 1. The Labute approximate surface area is 114 Å². The monoisotopic (exact) mass is 277 g/mol. The number of phenols is 1. The number of carbonyl (C=O) groups excluding carboxylic acids is 1. The third-order valence-corrected chi connectivity index (χ3v) is 3.01. The Morgan fingerprint density at radius 3 is 2.75 bits per heavy atom. The Balaban J connectivity index is 2.59. The molecule has 0 radical (unpaired) electrons. The van der Waals surface area contributed by atoms with Crippen molar-refractivity contribution in [2.45, 2.75) is 12.8 Å². The zero-order valence-electron chi connectivity index (χ0n) is 11.0. The van der Waals surface area contributed by atoms with Crippen molar-refractivity contribution in [1.29, 1.82) is 0 Å². The number of hydrogen-bond donors (Lipinski definition) is 3. The third kappa shape index (κ3) is 2.65. The molecule has 0 spiro atoms. The summed E-state index contributed by atoms with van der Waals surface area (Å²) in [5.74, 6) is -0.786. The van der Waals surface area contributed by atoms with Crippen LogP contribution >= 0.6 is 0 Å². The second-order valence-corrected chi connectivity index (χ2v) is 4.40. The number of phenolic OH excluding ortho intramolecular Hbond substituents is 1. The van der Waals surface area contributed by atoms with Crippen molar-refractivity contribution in [3.63, 3.8) is 0 Å². The highest BCUT2D eigenvalue weighted by Crippen LogP contribution is 2.23. The van der Waals surface area contributed by atoms with E-state index in [4.69, 9.17) is 5.11 Å². The minimum atomic E-state index is -0.673. The number of methoxy groups -OCH3 is 1. The van der Waals surface area contributed by atoms with Gasteiger partial charge < -0.3 is 19.9 Å². The van der Waals surface area contributed by atoms with E-state index in [1.165, 1.54) is 13.2 Å². The van der Waals surface area contributed by atoms with Gasteiger partial charge in [-0.25, -0.2) is 4.79 Å². The largest absolute Gasteiger partial charge is 0.506 e. The molecule has 0 saturated heterocycles. The fourth-order valence-electron chi connectivity index (χ4n) is 2.04. The van der Waals surface area contributed by atoms with Crippen LogP contribution in [-0.2, 0) is 11.2 Å². The van der Waals surface area contributed by atoms with Gasteiger partial charge in [-0.1, -0.05) is 0 Å². The lowest BCUT2D eigenvalue weighted by Crippen LogP contribution is -2.11. The Kier molecular flexibility index (Phi) is 4.05. The van der Waals surface area contributed by atoms with E-state index in [-0.39, 0.29) is 29.0 Å². The van der Waals surface area contributed by atoms with Crippen molar-refractivity contribution in [2.24, 2.45) is 0 Å². The molecule has 0 aliphatic heterocycles. The lowest BCUT2D eigenvalue weighted by atomic mass is 10.1. The van der Waals surface area contributed by atoms with Crippen LogP contribution < -0.4 is 5.43 Å². The van der Waals surface area contributed by atoms with Crippen LogP contribution in [0.25, 0.3) is 10.9 Å². The Bertz CT molecular complexity index is 705. The maximum Gasteiger partial charge on any atom is 0.354 e. The second kappa shape index (κ2) is 5.75. The van der Waals surface area contributed by atoms with E-state index in [0.29, 0.717) is 18.2 Å². The Morgan fingerprint density at radius 1 is 1.35 bits per heavy atom. The summed E-state index contributed by atoms with van der Waals surface area (Å²) in [5, 5.41) is 19.1. The van der Waals surface area contributed by atoms with E-state index in [1.54, 1.807) is 6.07 Å². The van der Waals surface area contributed by atoms with Gasteiger partial charge in [-0.05, 0) is 30.5 Å². The van der Waals surface area contributed by atoms with Crippen molar-refractivity contribution in [3.05, 3.63) is 39.7 Å². The number of carbonyl (C=O) groups is 1. The van der Waals surface area contributed by atoms with Crippen LogP contribution in [0.1, 0.15) is 22.5 Å². The minimum Gasteiger partial charge on any atom is -0.506 e. The number of H-pyrrole nitrogens is 1. The number of rotatable bonds is 4. The van der Waals surface area contributed by atoms with Gasteiger partial charge in [0.15, 0.2) is 5.43 Å². The van der Waals surface area contributed by atoms with Crippen LogP contribution in [0.4, 0.5) is 0 Å². The molecule has 0 aliphatic rings. The maximum atomic E-state index is 12.0. The number of fused-ring (bicyclic) bond motifs is 1. The molecule has 2 rings (SSSR count). The summed E-state index contributed by atoms with van der Waals surface area (Å²) in [4.78, 5) is 26.1. The number of nitrogens with one attached hydrogen (secondary N) is 1. The first-order valence-corrected chi connectivity index (χ1v) is 6.15. The molecule has 0 fully saturated rings. The quantitative estimate of drug-likeness (QED) is 0.722. The molecule has 2 aromatic rings. The van der Waals surface area contributed by atoms with E-state index in [9.17, 15) is 14.7 Å². The van der Waals surface area contributed by atoms with Crippen LogP contribution in [-0.4, -0.2) is 34.9 Å². The SMILES string of the molecule is COC(=O)c1cc(=O)c2cc(CCCO)cc(O)c2[nH]1. The number of aromatic nitrogens is 1. The average Bonchev–Trinajstić information content (AvgIpc) is 2.45. The number of ether oxygens (including phenoxy) is 1. The number of aliphatic hydroxyl groups excluding tert-OH is 1. The number of aliphatic hydroxyl groups is 1. The van der Waals surface area contributed by atoms with Gasteiger partial charge in [-0.15, -0.1) is 0 Å². The lowest BCUT2D eigenvalue weighted by Gasteiger charge is -2.07. The normalized spacial score (nSPS) is 10.7. The molecule has 106 valence electrons. The maximum absolute atomic E-state index is 12.0.